The molecule has 1 aliphatic heterocycles. The van der Waals surface area contributed by atoms with Gasteiger partial charge in [0.05, 0.1) is 12.0 Å². The number of halogens is 3. The number of ether oxygens (including phenoxy) is 1. The number of aliphatic carboxylic acids is 1. The summed E-state index contributed by atoms with van der Waals surface area (Å²) in [6.45, 7) is 1.48. The summed E-state index contributed by atoms with van der Waals surface area (Å²) in [7, 11) is 0. The average Bonchev–Trinajstić information content (AvgIpc) is 3.15. The van der Waals surface area contributed by atoms with Gasteiger partial charge in [0.25, 0.3) is 0 Å². The van der Waals surface area contributed by atoms with E-state index in [-0.39, 0.29) is 32.2 Å². The first kappa shape index (κ1) is 45.8. The van der Waals surface area contributed by atoms with Gasteiger partial charge in [-0.2, -0.15) is 13.2 Å². The first-order valence-corrected chi connectivity index (χ1v) is 17.5. The van der Waals surface area contributed by atoms with Crippen molar-refractivity contribution < 1.29 is 51.8 Å². The van der Waals surface area contributed by atoms with Crippen molar-refractivity contribution >= 4 is 35.6 Å². The number of hydrogen-bond acceptors (Lipinski definition) is 11. The van der Waals surface area contributed by atoms with Crippen LogP contribution in [-0.2, 0) is 46.3 Å². The second kappa shape index (κ2) is 23.4. The number of carbonyl (C=O) groups excluding carboxylic acids is 5. The molecule has 0 radical (unpaired) electrons. The molecular weight excluding hydrogens is 727 g/mol. The highest BCUT2D eigenvalue weighted by Gasteiger charge is 2.38. The Morgan fingerprint density at radius 1 is 0.836 bits per heavy atom. The SMILES string of the molecule is C#CC[C@@H](NC(=O)[C@@H](Cc1ccccc1)NC(=O)[C@H](N)Cc1ccccc1)C(=O)N[C@H](CC(N)CCN)C(=O)OC(=O)C1CCNCC1.O=C(O)C(F)(F)F. The Hall–Kier alpha value is -5.35. The van der Waals surface area contributed by atoms with Gasteiger partial charge in [-0.15, -0.1) is 12.3 Å². The fraction of sp³-hybridized carbons (Fsp3) is 0.459. The summed E-state index contributed by atoms with van der Waals surface area (Å²) in [6.07, 6.45) is 1.90. The van der Waals surface area contributed by atoms with Crippen molar-refractivity contribution in [2.75, 3.05) is 19.6 Å². The third kappa shape index (κ3) is 17.1. The number of nitrogens with one attached hydrogen (secondary N) is 4. The van der Waals surface area contributed by atoms with E-state index in [1.807, 2.05) is 36.4 Å². The quantitative estimate of drug-likeness (QED) is 0.0603. The lowest BCUT2D eigenvalue weighted by atomic mass is 9.98. The van der Waals surface area contributed by atoms with Crippen LogP contribution >= 0.6 is 0 Å². The molecule has 300 valence electrons. The second-order valence-corrected chi connectivity index (χ2v) is 12.7. The van der Waals surface area contributed by atoms with E-state index < -0.39 is 77.9 Å². The lowest BCUT2D eigenvalue weighted by Gasteiger charge is -2.26. The highest BCUT2D eigenvalue weighted by molar-refractivity contribution is 5.96. The van der Waals surface area contributed by atoms with Crippen molar-refractivity contribution in [1.29, 1.82) is 0 Å². The zero-order chi connectivity index (χ0) is 41.0. The maximum absolute atomic E-state index is 13.7. The summed E-state index contributed by atoms with van der Waals surface area (Å²) in [5, 5.41) is 18.2. The third-order valence-corrected chi connectivity index (χ3v) is 8.30. The lowest BCUT2D eigenvalue weighted by Crippen LogP contribution is -2.58. The number of benzene rings is 2. The Balaban J connectivity index is 0.00000136. The van der Waals surface area contributed by atoms with Crippen LogP contribution < -0.4 is 38.5 Å². The summed E-state index contributed by atoms with van der Waals surface area (Å²) in [5.41, 5.74) is 19.6. The first-order valence-electron chi connectivity index (χ1n) is 17.5. The molecule has 1 saturated heterocycles. The summed E-state index contributed by atoms with van der Waals surface area (Å²) in [6, 6.07) is 13.0. The van der Waals surface area contributed by atoms with Gasteiger partial charge in [0.2, 0.25) is 17.7 Å². The van der Waals surface area contributed by atoms with Crippen LogP contribution in [0.15, 0.2) is 60.7 Å². The van der Waals surface area contributed by atoms with Gasteiger partial charge in [-0.05, 0) is 62.9 Å². The van der Waals surface area contributed by atoms with Crippen LogP contribution in [0.3, 0.4) is 0 Å². The molecule has 1 unspecified atom stereocenters. The van der Waals surface area contributed by atoms with E-state index in [4.69, 9.17) is 38.3 Å². The number of carbonyl (C=O) groups is 6. The van der Waals surface area contributed by atoms with Gasteiger partial charge in [-0.3, -0.25) is 19.2 Å². The van der Waals surface area contributed by atoms with E-state index in [2.05, 4.69) is 27.2 Å². The molecule has 1 aliphatic rings. The maximum atomic E-state index is 13.7. The van der Waals surface area contributed by atoms with Crippen molar-refractivity contribution in [2.45, 2.75) is 81.3 Å². The number of alkyl halides is 3. The highest BCUT2D eigenvalue weighted by Crippen LogP contribution is 2.15. The van der Waals surface area contributed by atoms with Crippen molar-refractivity contribution in [3.05, 3.63) is 71.8 Å². The molecule has 2 aromatic rings. The van der Waals surface area contributed by atoms with Gasteiger partial charge >= 0.3 is 24.1 Å². The van der Waals surface area contributed by atoms with Crippen molar-refractivity contribution in [2.24, 2.45) is 23.1 Å². The number of nitrogens with two attached hydrogens (primary N) is 3. The standard InChI is InChI=1S/C35H47N7O6.C2HF3O2/c1-2-9-28(32(44)42-30(22-26(37)14-17-36)35(47)48-34(46)25-15-18-39-19-16-25)40-33(45)29(21-24-12-7-4-8-13-24)41-31(43)27(38)20-23-10-5-3-6-11-23;3-2(4,5)1(6)7/h1,3-8,10-13,25-30,39H,9,14-22,36-38H2,(H,40,45)(H,41,43)(H,42,44);(H,6,7)/t26?,27-,28-,29-,30-;/m1./s1. The van der Waals surface area contributed by atoms with Gasteiger partial charge in [-0.1, -0.05) is 60.7 Å². The van der Waals surface area contributed by atoms with Crippen LogP contribution in [-0.4, -0.2) is 96.8 Å². The molecule has 1 fully saturated rings. The fourth-order valence-corrected chi connectivity index (χ4v) is 5.33. The molecule has 0 bridgehead atoms. The molecule has 15 nitrogen and oxygen atoms in total. The Bertz CT molecular complexity index is 1600. The van der Waals surface area contributed by atoms with Gasteiger partial charge in [0.1, 0.15) is 18.1 Å². The zero-order valence-electron chi connectivity index (χ0n) is 30.1. The number of amides is 3. The first-order chi connectivity index (χ1) is 26.0. The lowest BCUT2D eigenvalue weighted by molar-refractivity contribution is -0.192. The summed E-state index contributed by atoms with van der Waals surface area (Å²) in [5.74, 6) is -4.51. The normalized spacial score (nSPS) is 15.6. The molecule has 0 saturated carbocycles. The van der Waals surface area contributed by atoms with Crippen LogP contribution in [0.1, 0.15) is 43.2 Å². The van der Waals surface area contributed by atoms with E-state index in [0.717, 1.165) is 11.1 Å². The summed E-state index contributed by atoms with van der Waals surface area (Å²) < 4.78 is 36.9. The molecule has 0 spiro atoms. The third-order valence-electron chi connectivity index (χ3n) is 8.30. The van der Waals surface area contributed by atoms with E-state index in [0.29, 0.717) is 32.4 Å². The molecule has 5 atom stereocenters. The molecule has 0 aliphatic carbocycles. The number of piperidine rings is 1. The van der Waals surface area contributed by atoms with Gasteiger partial charge in [-0.25, -0.2) is 9.59 Å². The molecular formula is C37H48F3N7O8. The highest BCUT2D eigenvalue weighted by atomic mass is 19.4. The van der Waals surface area contributed by atoms with Crippen LogP contribution in [0, 0.1) is 18.3 Å². The molecule has 3 amide bonds. The summed E-state index contributed by atoms with van der Waals surface area (Å²) in [4.78, 5) is 75.1. The van der Waals surface area contributed by atoms with E-state index >= 15 is 0 Å². The smallest absolute Gasteiger partial charge is 0.475 e. The average molecular weight is 776 g/mol. The van der Waals surface area contributed by atoms with E-state index in [1.165, 1.54) is 0 Å². The number of hydrogen-bond donors (Lipinski definition) is 8. The van der Waals surface area contributed by atoms with Crippen molar-refractivity contribution in [1.82, 2.24) is 21.3 Å². The number of carboxylic acids is 1. The zero-order valence-corrected chi connectivity index (χ0v) is 30.1. The fourth-order valence-electron chi connectivity index (χ4n) is 5.33. The van der Waals surface area contributed by atoms with E-state index in [9.17, 15) is 37.1 Å². The van der Waals surface area contributed by atoms with Crippen molar-refractivity contribution in [3.8, 4) is 12.3 Å². The minimum Gasteiger partial charge on any atom is -0.475 e. The number of carboxylic acid groups (broad SMARTS) is 1. The summed E-state index contributed by atoms with van der Waals surface area (Å²) >= 11 is 0. The number of esters is 2. The van der Waals surface area contributed by atoms with Crippen LogP contribution in [0.2, 0.25) is 0 Å². The predicted octanol–water partition coefficient (Wildman–Crippen LogP) is 0.0457. The molecule has 1 heterocycles. The monoisotopic (exact) mass is 775 g/mol. The van der Waals surface area contributed by atoms with Crippen LogP contribution in [0.25, 0.3) is 0 Å². The minimum atomic E-state index is -5.08. The molecule has 18 heteroatoms. The minimum absolute atomic E-state index is 0.0655. The number of rotatable bonds is 17. The van der Waals surface area contributed by atoms with Crippen LogP contribution in [0.5, 0.6) is 0 Å². The second-order valence-electron chi connectivity index (χ2n) is 12.7. The van der Waals surface area contributed by atoms with Crippen molar-refractivity contribution in [3.63, 3.8) is 0 Å². The largest absolute Gasteiger partial charge is 0.490 e. The topological polar surface area (TPSA) is 258 Å². The Morgan fingerprint density at radius 3 is 1.84 bits per heavy atom. The van der Waals surface area contributed by atoms with E-state index in [1.54, 1.807) is 24.3 Å². The van der Waals surface area contributed by atoms with Gasteiger partial charge in [0, 0.05) is 18.9 Å². The molecule has 0 aromatic heterocycles. The Kier molecular flexibility index (Phi) is 19.5. The molecule has 55 heavy (non-hydrogen) atoms. The molecule has 11 N–H and O–H groups in total. The van der Waals surface area contributed by atoms with Gasteiger partial charge in [0.15, 0.2) is 0 Å². The molecule has 3 rings (SSSR count). The number of terminal acetylenes is 1. The maximum Gasteiger partial charge on any atom is 0.490 e. The Labute approximate surface area is 316 Å². The molecule has 2 aromatic carbocycles. The van der Waals surface area contributed by atoms with Gasteiger partial charge < -0.3 is 48.3 Å². The predicted molar refractivity (Wildman–Crippen MR) is 194 cm³/mol. The Morgan fingerprint density at radius 2 is 1.33 bits per heavy atom. The van der Waals surface area contributed by atoms with Crippen LogP contribution in [0.4, 0.5) is 13.2 Å².